The average molecular weight is 409 g/mol. The fourth-order valence-corrected chi connectivity index (χ4v) is 4.05. The van der Waals surface area contributed by atoms with E-state index >= 15 is 0 Å². The number of carbonyl (C=O) groups excluding carboxylic acids is 1. The van der Waals surface area contributed by atoms with E-state index < -0.39 is 4.92 Å². The summed E-state index contributed by atoms with van der Waals surface area (Å²) in [6.07, 6.45) is 1.55. The molecule has 1 saturated heterocycles. The van der Waals surface area contributed by atoms with Gasteiger partial charge in [0.25, 0.3) is 5.69 Å². The minimum atomic E-state index is -0.463. The van der Waals surface area contributed by atoms with Crippen molar-refractivity contribution >= 4 is 28.7 Å². The largest absolute Gasteiger partial charge is 0.353 e. The summed E-state index contributed by atoms with van der Waals surface area (Å²) in [5.74, 6) is 0.751. The Labute approximate surface area is 171 Å². The predicted molar refractivity (Wildman–Crippen MR) is 111 cm³/mol. The van der Waals surface area contributed by atoms with Gasteiger partial charge < -0.3 is 9.80 Å². The maximum atomic E-state index is 12.7. The normalized spacial score (nSPS) is 14.1. The molecule has 8 nitrogen and oxygen atoms in total. The van der Waals surface area contributed by atoms with Crippen molar-refractivity contribution in [1.29, 1.82) is 0 Å². The van der Waals surface area contributed by atoms with Gasteiger partial charge in [-0.05, 0) is 6.07 Å². The second-order valence-electron chi connectivity index (χ2n) is 6.69. The van der Waals surface area contributed by atoms with Crippen LogP contribution < -0.4 is 4.90 Å². The van der Waals surface area contributed by atoms with Gasteiger partial charge in [0.15, 0.2) is 0 Å². The molecule has 3 heterocycles. The van der Waals surface area contributed by atoms with Crippen molar-refractivity contribution in [2.75, 3.05) is 31.1 Å². The lowest BCUT2D eigenvalue weighted by Gasteiger charge is -2.35. The van der Waals surface area contributed by atoms with Crippen molar-refractivity contribution in [1.82, 2.24) is 14.9 Å². The van der Waals surface area contributed by atoms with Gasteiger partial charge in [-0.3, -0.25) is 14.9 Å². The summed E-state index contributed by atoms with van der Waals surface area (Å²) in [7, 11) is 0. The predicted octanol–water partition coefficient (Wildman–Crippen LogP) is 3.00. The number of benzene rings is 1. The molecule has 0 N–H and O–H groups in total. The third kappa shape index (κ3) is 4.40. The number of amides is 1. The number of anilines is 1. The molecule has 1 aromatic carbocycles. The van der Waals surface area contributed by atoms with Crippen LogP contribution in [0.15, 0.2) is 54.0 Å². The fourth-order valence-electron chi connectivity index (χ4n) is 3.23. The summed E-state index contributed by atoms with van der Waals surface area (Å²) < 4.78 is 0. The van der Waals surface area contributed by atoms with E-state index in [4.69, 9.17) is 0 Å². The number of pyridine rings is 1. The monoisotopic (exact) mass is 409 g/mol. The summed E-state index contributed by atoms with van der Waals surface area (Å²) in [4.78, 5) is 35.6. The van der Waals surface area contributed by atoms with Crippen LogP contribution in [0.3, 0.4) is 0 Å². The number of hydrogen-bond acceptors (Lipinski definition) is 7. The number of carbonyl (C=O) groups is 1. The molecule has 3 aromatic rings. The number of thiazole rings is 1. The van der Waals surface area contributed by atoms with Crippen LogP contribution in [0, 0.1) is 10.1 Å². The minimum Gasteiger partial charge on any atom is -0.353 e. The second-order valence-corrected chi connectivity index (χ2v) is 7.54. The minimum absolute atomic E-state index is 0.0271. The van der Waals surface area contributed by atoms with Gasteiger partial charge in [-0.1, -0.05) is 30.3 Å². The van der Waals surface area contributed by atoms with Crippen LogP contribution in [0.2, 0.25) is 0 Å². The fraction of sp³-hybridized carbons (Fsp3) is 0.250. The van der Waals surface area contributed by atoms with Crippen molar-refractivity contribution in [2.45, 2.75) is 6.42 Å². The summed E-state index contributed by atoms with van der Waals surface area (Å²) in [5, 5.41) is 13.6. The zero-order valence-corrected chi connectivity index (χ0v) is 16.4. The lowest BCUT2D eigenvalue weighted by molar-refractivity contribution is -0.385. The maximum absolute atomic E-state index is 12.7. The molecule has 9 heteroatoms. The molecule has 2 aromatic heterocycles. The molecule has 1 amide bonds. The van der Waals surface area contributed by atoms with Crippen molar-refractivity contribution in [3.8, 4) is 10.6 Å². The SMILES string of the molecule is O=C(Cc1csc(-c2ccccc2)n1)N1CCN(c2ccc([N+](=O)[O-])cn2)CC1. The molecular formula is C20H19N5O3S. The molecule has 148 valence electrons. The average Bonchev–Trinajstić information content (AvgIpc) is 3.23. The van der Waals surface area contributed by atoms with Crippen LogP contribution >= 0.6 is 11.3 Å². The smallest absolute Gasteiger partial charge is 0.287 e. The Morgan fingerprint density at radius 1 is 1.10 bits per heavy atom. The highest BCUT2D eigenvalue weighted by Gasteiger charge is 2.23. The van der Waals surface area contributed by atoms with Gasteiger partial charge in [0.1, 0.15) is 17.0 Å². The van der Waals surface area contributed by atoms with E-state index in [1.165, 1.54) is 12.3 Å². The van der Waals surface area contributed by atoms with Gasteiger partial charge in [-0.2, -0.15) is 0 Å². The molecule has 1 fully saturated rings. The second kappa shape index (κ2) is 8.36. The number of nitro groups is 1. The number of piperazine rings is 1. The molecule has 0 spiro atoms. The van der Waals surface area contributed by atoms with E-state index in [-0.39, 0.29) is 11.6 Å². The Bertz CT molecular complexity index is 998. The molecule has 0 unspecified atom stereocenters. The van der Waals surface area contributed by atoms with Gasteiger partial charge in [0.2, 0.25) is 5.91 Å². The van der Waals surface area contributed by atoms with Crippen molar-refractivity contribution < 1.29 is 9.72 Å². The molecule has 1 aliphatic heterocycles. The van der Waals surface area contributed by atoms with Gasteiger partial charge in [-0.25, -0.2) is 9.97 Å². The first-order valence-electron chi connectivity index (χ1n) is 9.23. The Morgan fingerprint density at radius 2 is 1.86 bits per heavy atom. The third-order valence-electron chi connectivity index (χ3n) is 4.80. The van der Waals surface area contributed by atoms with E-state index in [1.807, 2.05) is 45.5 Å². The summed E-state index contributed by atoms with van der Waals surface area (Å²) in [6.45, 7) is 2.46. The quantitative estimate of drug-likeness (QED) is 0.475. The standard InChI is InChI=1S/C20H19N5O3S/c26-19(12-16-14-29-20(22-16)15-4-2-1-3-5-15)24-10-8-23(9-11-24)18-7-6-17(13-21-18)25(27)28/h1-7,13-14H,8-12H2. The first kappa shape index (κ1) is 19.0. The van der Waals surface area contributed by atoms with Crippen LogP contribution in [-0.2, 0) is 11.2 Å². The highest BCUT2D eigenvalue weighted by molar-refractivity contribution is 7.13. The zero-order chi connectivity index (χ0) is 20.2. The molecule has 1 aliphatic rings. The van der Waals surface area contributed by atoms with Crippen LogP contribution in [-0.4, -0.2) is 51.9 Å². The zero-order valence-electron chi connectivity index (χ0n) is 15.6. The van der Waals surface area contributed by atoms with Crippen LogP contribution in [0.4, 0.5) is 11.5 Å². The molecule has 29 heavy (non-hydrogen) atoms. The number of aromatic nitrogens is 2. The van der Waals surface area contributed by atoms with Crippen LogP contribution in [0.25, 0.3) is 10.6 Å². The van der Waals surface area contributed by atoms with E-state index in [9.17, 15) is 14.9 Å². The number of hydrogen-bond donors (Lipinski definition) is 0. The summed E-state index contributed by atoms with van der Waals surface area (Å²) in [6, 6.07) is 13.0. The van der Waals surface area contributed by atoms with E-state index in [2.05, 4.69) is 9.97 Å². The van der Waals surface area contributed by atoms with Crippen molar-refractivity contribution in [3.05, 3.63) is 69.8 Å². The summed E-state index contributed by atoms with van der Waals surface area (Å²) in [5.41, 5.74) is 1.82. The molecule has 0 saturated carbocycles. The summed E-state index contributed by atoms with van der Waals surface area (Å²) >= 11 is 1.55. The van der Waals surface area contributed by atoms with Crippen molar-refractivity contribution in [2.24, 2.45) is 0 Å². The van der Waals surface area contributed by atoms with E-state index in [0.717, 1.165) is 16.3 Å². The Morgan fingerprint density at radius 3 is 2.52 bits per heavy atom. The first-order chi connectivity index (χ1) is 14.1. The molecule has 0 bridgehead atoms. The molecule has 0 radical (unpaired) electrons. The highest BCUT2D eigenvalue weighted by Crippen LogP contribution is 2.24. The molecule has 0 atom stereocenters. The van der Waals surface area contributed by atoms with E-state index in [0.29, 0.717) is 38.4 Å². The van der Waals surface area contributed by atoms with Gasteiger partial charge in [-0.15, -0.1) is 11.3 Å². The first-order valence-corrected chi connectivity index (χ1v) is 10.1. The highest BCUT2D eigenvalue weighted by atomic mass is 32.1. The molecule has 4 rings (SSSR count). The molecule has 0 aliphatic carbocycles. The number of rotatable bonds is 5. The molecular weight excluding hydrogens is 390 g/mol. The van der Waals surface area contributed by atoms with Crippen molar-refractivity contribution in [3.63, 3.8) is 0 Å². The maximum Gasteiger partial charge on any atom is 0.287 e. The van der Waals surface area contributed by atoms with Crippen LogP contribution in [0.1, 0.15) is 5.69 Å². The lowest BCUT2D eigenvalue weighted by atomic mass is 10.2. The Balaban J connectivity index is 1.32. The number of nitrogens with zero attached hydrogens (tertiary/aromatic N) is 5. The Kier molecular flexibility index (Phi) is 5.48. The third-order valence-corrected chi connectivity index (χ3v) is 5.74. The topological polar surface area (TPSA) is 92.5 Å². The lowest BCUT2D eigenvalue weighted by Crippen LogP contribution is -2.49. The van der Waals surface area contributed by atoms with Gasteiger partial charge in [0.05, 0.1) is 17.0 Å². The van der Waals surface area contributed by atoms with Gasteiger partial charge >= 0.3 is 0 Å². The van der Waals surface area contributed by atoms with Gasteiger partial charge in [0, 0.05) is 43.2 Å². The van der Waals surface area contributed by atoms with E-state index in [1.54, 1.807) is 17.4 Å². The Hall–Kier alpha value is -3.33. The van der Waals surface area contributed by atoms with Crippen LogP contribution in [0.5, 0.6) is 0 Å².